The highest BCUT2D eigenvalue weighted by Crippen LogP contribution is 2.43. The van der Waals surface area contributed by atoms with Crippen molar-refractivity contribution in [2.45, 2.75) is 39.7 Å². The van der Waals surface area contributed by atoms with Crippen molar-refractivity contribution in [1.82, 2.24) is 25.1 Å². The van der Waals surface area contributed by atoms with Crippen LogP contribution in [0.3, 0.4) is 0 Å². The minimum atomic E-state index is -0.146. The number of carbonyl (C=O) groups excluding carboxylic acids is 2. The highest BCUT2D eigenvalue weighted by Gasteiger charge is 2.30. The molecule has 4 aromatic rings. The molecule has 10 heteroatoms. The van der Waals surface area contributed by atoms with E-state index in [9.17, 15) is 9.59 Å². The standard InChI is InChI=1S/C25H25BN6O2S/c1-13(2)28-24(34)15-6-9-20(18(26)11-15)32-22-17(21(31-32)16-5-4-10-27-12-16)7-8-19-23(22)35-25(30-19)29-14(3)33/h4-6,9-13H,7-8,26H2,1-3H3,(H,28,34)(H,29,30,33). The van der Waals surface area contributed by atoms with Gasteiger partial charge in [0.25, 0.3) is 5.91 Å². The molecule has 0 spiro atoms. The molecule has 0 unspecified atom stereocenters. The summed E-state index contributed by atoms with van der Waals surface area (Å²) < 4.78 is 1.95. The van der Waals surface area contributed by atoms with Gasteiger partial charge < -0.3 is 10.6 Å². The topological polar surface area (TPSA) is 102 Å². The molecule has 0 atom stereocenters. The van der Waals surface area contributed by atoms with Crippen molar-refractivity contribution < 1.29 is 9.59 Å². The van der Waals surface area contributed by atoms with Gasteiger partial charge in [0, 0.05) is 42.0 Å². The molecule has 8 nitrogen and oxygen atoms in total. The number of aromatic nitrogens is 4. The minimum Gasteiger partial charge on any atom is -0.350 e. The molecule has 3 heterocycles. The van der Waals surface area contributed by atoms with E-state index >= 15 is 0 Å². The minimum absolute atomic E-state index is 0.0604. The smallest absolute Gasteiger partial charge is 0.251 e. The molecule has 0 saturated heterocycles. The number of anilines is 1. The average molecular weight is 484 g/mol. The van der Waals surface area contributed by atoms with Crippen LogP contribution in [0.25, 0.3) is 27.5 Å². The molecule has 0 aliphatic heterocycles. The number of benzene rings is 1. The maximum absolute atomic E-state index is 12.5. The van der Waals surface area contributed by atoms with E-state index in [1.165, 1.54) is 18.3 Å². The molecule has 35 heavy (non-hydrogen) atoms. The molecule has 2 N–H and O–H groups in total. The average Bonchev–Trinajstić information content (AvgIpc) is 3.39. The second-order valence-electron chi connectivity index (χ2n) is 8.93. The number of fused-ring (bicyclic) bond motifs is 3. The van der Waals surface area contributed by atoms with Crippen LogP contribution in [0.15, 0.2) is 42.7 Å². The summed E-state index contributed by atoms with van der Waals surface area (Å²) in [5, 5.41) is 11.4. The van der Waals surface area contributed by atoms with Crippen molar-refractivity contribution in [2.75, 3.05) is 5.32 Å². The zero-order chi connectivity index (χ0) is 24.7. The lowest BCUT2D eigenvalue weighted by Gasteiger charge is -2.16. The monoisotopic (exact) mass is 484 g/mol. The van der Waals surface area contributed by atoms with E-state index in [0.29, 0.717) is 10.7 Å². The molecule has 5 rings (SSSR count). The maximum Gasteiger partial charge on any atom is 0.251 e. The van der Waals surface area contributed by atoms with Crippen molar-refractivity contribution in [3.05, 3.63) is 59.5 Å². The second kappa shape index (κ2) is 9.11. The van der Waals surface area contributed by atoms with Gasteiger partial charge in [-0.1, -0.05) is 22.9 Å². The fourth-order valence-corrected chi connectivity index (χ4v) is 5.48. The molecule has 1 aromatic carbocycles. The number of pyridine rings is 1. The number of aryl methyl sites for hydroxylation is 1. The molecule has 2 amide bonds. The number of rotatable bonds is 5. The Labute approximate surface area is 208 Å². The summed E-state index contributed by atoms with van der Waals surface area (Å²) >= 11 is 1.46. The maximum atomic E-state index is 12.5. The van der Waals surface area contributed by atoms with Gasteiger partial charge in [-0.2, -0.15) is 5.10 Å². The zero-order valence-corrected chi connectivity index (χ0v) is 20.9. The van der Waals surface area contributed by atoms with E-state index in [1.54, 1.807) is 6.20 Å². The van der Waals surface area contributed by atoms with Gasteiger partial charge in [-0.05, 0) is 51.0 Å². The number of hydrogen-bond donors (Lipinski definition) is 2. The van der Waals surface area contributed by atoms with Crippen LogP contribution in [0.4, 0.5) is 5.13 Å². The predicted molar refractivity (Wildman–Crippen MR) is 140 cm³/mol. The van der Waals surface area contributed by atoms with Crippen LogP contribution in [0.2, 0.25) is 0 Å². The van der Waals surface area contributed by atoms with Crippen molar-refractivity contribution in [3.8, 4) is 27.5 Å². The lowest BCUT2D eigenvalue weighted by molar-refractivity contribution is -0.114. The summed E-state index contributed by atoms with van der Waals surface area (Å²) in [7, 11) is 1.98. The van der Waals surface area contributed by atoms with E-state index in [1.807, 2.05) is 62.9 Å². The molecule has 0 saturated carbocycles. The quantitative estimate of drug-likeness (QED) is 0.424. The third kappa shape index (κ3) is 4.37. The van der Waals surface area contributed by atoms with Crippen molar-refractivity contribution in [3.63, 3.8) is 0 Å². The second-order valence-corrected chi connectivity index (χ2v) is 9.93. The van der Waals surface area contributed by atoms with Crippen molar-refractivity contribution in [2.24, 2.45) is 0 Å². The molecule has 3 aromatic heterocycles. The third-order valence-electron chi connectivity index (χ3n) is 5.83. The van der Waals surface area contributed by atoms with Crippen molar-refractivity contribution >= 4 is 41.6 Å². The summed E-state index contributed by atoms with van der Waals surface area (Å²) in [6, 6.07) is 9.64. The fourth-order valence-electron chi connectivity index (χ4n) is 4.36. The molecule has 0 fully saturated rings. The normalized spacial score (nSPS) is 12.2. The first-order valence-corrected chi connectivity index (χ1v) is 12.3. The summed E-state index contributed by atoms with van der Waals surface area (Å²) in [5.74, 6) is -0.245. The Morgan fingerprint density at radius 2 is 2.03 bits per heavy atom. The number of amides is 2. The molecular weight excluding hydrogens is 459 g/mol. The first-order chi connectivity index (χ1) is 16.8. The number of nitrogens with zero attached hydrogens (tertiary/aromatic N) is 4. The van der Waals surface area contributed by atoms with Crippen LogP contribution >= 0.6 is 11.3 Å². The van der Waals surface area contributed by atoms with Gasteiger partial charge in [-0.25, -0.2) is 9.67 Å². The number of nitrogens with one attached hydrogen (secondary N) is 2. The fraction of sp³-hybridized carbons (Fsp3) is 0.240. The summed E-state index contributed by atoms with van der Waals surface area (Å²) in [4.78, 5) is 34.2. The Kier molecular flexibility index (Phi) is 5.98. The van der Waals surface area contributed by atoms with E-state index in [2.05, 4.69) is 20.6 Å². The first-order valence-electron chi connectivity index (χ1n) is 11.5. The van der Waals surface area contributed by atoms with Gasteiger partial charge in [-0.15, -0.1) is 0 Å². The molecule has 0 bridgehead atoms. The molecular formula is C25H25BN6O2S. The van der Waals surface area contributed by atoms with Gasteiger partial charge in [0.1, 0.15) is 7.85 Å². The van der Waals surface area contributed by atoms with Gasteiger partial charge in [-0.3, -0.25) is 14.6 Å². The molecule has 0 radical (unpaired) electrons. The lowest BCUT2D eigenvalue weighted by Crippen LogP contribution is -2.31. The van der Waals surface area contributed by atoms with Crippen LogP contribution in [-0.2, 0) is 17.6 Å². The van der Waals surface area contributed by atoms with Crippen LogP contribution in [0, 0.1) is 0 Å². The van der Waals surface area contributed by atoms with Gasteiger partial charge in [0.2, 0.25) is 5.91 Å². The summed E-state index contributed by atoms with van der Waals surface area (Å²) in [6.45, 7) is 5.37. The van der Waals surface area contributed by atoms with Gasteiger partial charge in [0.15, 0.2) is 5.13 Å². The van der Waals surface area contributed by atoms with E-state index < -0.39 is 0 Å². The number of hydrogen-bond acceptors (Lipinski definition) is 6. The Hall–Kier alpha value is -3.79. The Bertz CT molecular complexity index is 1440. The summed E-state index contributed by atoms with van der Waals surface area (Å²) in [5.41, 5.74) is 7.32. The van der Waals surface area contributed by atoms with Crippen LogP contribution in [0.5, 0.6) is 0 Å². The van der Waals surface area contributed by atoms with Gasteiger partial charge >= 0.3 is 0 Å². The van der Waals surface area contributed by atoms with E-state index in [0.717, 1.165) is 57.1 Å². The first kappa shape index (κ1) is 23.0. The highest BCUT2D eigenvalue weighted by molar-refractivity contribution is 7.19. The van der Waals surface area contributed by atoms with Crippen molar-refractivity contribution in [1.29, 1.82) is 0 Å². The Morgan fingerprint density at radius 3 is 2.71 bits per heavy atom. The third-order valence-corrected chi connectivity index (χ3v) is 6.85. The predicted octanol–water partition coefficient (Wildman–Crippen LogP) is 2.51. The SMILES string of the molecule is Bc1cc(C(=O)NC(C)C)ccc1-n1nc(-c2cccnc2)c2c1-c1sc(NC(C)=O)nc1CC2. The molecule has 176 valence electrons. The molecule has 1 aliphatic rings. The number of carbonyl (C=O) groups is 2. The van der Waals surface area contributed by atoms with Crippen LogP contribution in [0.1, 0.15) is 42.4 Å². The highest BCUT2D eigenvalue weighted by atomic mass is 32.1. The Balaban J connectivity index is 1.67. The van der Waals surface area contributed by atoms with Gasteiger partial charge in [0.05, 0.1) is 27.6 Å². The largest absolute Gasteiger partial charge is 0.350 e. The lowest BCUT2D eigenvalue weighted by atomic mass is 9.91. The van der Waals surface area contributed by atoms with E-state index in [4.69, 9.17) is 5.10 Å². The summed E-state index contributed by atoms with van der Waals surface area (Å²) in [6.07, 6.45) is 5.12. The van der Waals surface area contributed by atoms with Crippen LogP contribution < -0.4 is 16.1 Å². The zero-order valence-electron chi connectivity index (χ0n) is 20.0. The Morgan fingerprint density at radius 1 is 1.20 bits per heavy atom. The van der Waals surface area contributed by atoms with Crippen LogP contribution in [-0.4, -0.2) is 45.5 Å². The molecule has 1 aliphatic carbocycles. The van der Waals surface area contributed by atoms with E-state index in [-0.39, 0.29) is 17.9 Å². The number of thiazole rings is 1.